The van der Waals surface area contributed by atoms with E-state index in [0.717, 1.165) is 52.6 Å². The third kappa shape index (κ3) is 3.45. The van der Waals surface area contributed by atoms with Crippen LogP contribution in [0.25, 0.3) is 11.3 Å². The molecule has 0 unspecified atom stereocenters. The number of benzene rings is 1. The van der Waals surface area contributed by atoms with E-state index in [4.69, 9.17) is 4.52 Å². The standard InChI is InChI=1S/C21H24N4O2/c1-13(2)20-22-18-9-10-25(12-17(18)21(26)23-20)11-16-14(3)24-27-19(16)15-7-5-4-6-8-15/h4-8,13H,9-12H2,1-3H3,(H,22,23,26). The van der Waals surface area contributed by atoms with Crippen molar-refractivity contribution in [2.24, 2.45) is 0 Å². The van der Waals surface area contributed by atoms with Gasteiger partial charge in [-0.1, -0.05) is 49.3 Å². The molecule has 2 aromatic heterocycles. The van der Waals surface area contributed by atoms with Gasteiger partial charge in [-0.25, -0.2) is 4.98 Å². The van der Waals surface area contributed by atoms with Crippen LogP contribution in [-0.2, 0) is 19.5 Å². The summed E-state index contributed by atoms with van der Waals surface area (Å²) in [5.74, 6) is 1.80. The number of H-pyrrole nitrogens is 1. The van der Waals surface area contributed by atoms with Gasteiger partial charge in [0.05, 0.1) is 17.0 Å². The lowest BCUT2D eigenvalue weighted by Crippen LogP contribution is -2.36. The van der Waals surface area contributed by atoms with Gasteiger partial charge >= 0.3 is 0 Å². The smallest absolute Gasteiger partial charge is 0.255 e. The molecule has 0 fully saturated rings. The quantitative estimate of drug-likeness (QED) is 0.768. The van der Waals surface area contributed by atoms with Gasteiger partial charge in [0.2, 0.25) is 0 Å². The summed E-state index contributed by atoms with van der Waals surface area (Å²) in [6.07, 6.45) is 0.782. The Morgan fingerprint density at radius 2 is 2.04 bits per heavy atom. The van der Waals surface area contributed by atoms with E-state index >= 15 is 0 Å². The molecule has 0 amide bonds. The fourth-order valence-corrected chi connectivity index (χ4v) is 3.52. The lowest BCUT2D eigenvalue weighted by atomic mass is 10.0. The van der Waals surface area contributed by atoms with Gasteiger partial charge in [0.25, 0.3) is 5.56 Å². The van der Waals surface area contributed by atoms with Gasteiger partial charge in [-0.05, 0) is 6.92 Å². The summed E-state index contributed by atoms with van der Waals surface area (Å²) in [7, 11) is 0. The summed E-state index contributed by atoms with van der Waals surface area (Å²) in [6.45, 7) is 8.20. The van der Waals surface area contributed by atoms with Crippen LogP contribution in [0.2, 0.25) is 0 Å². The van der Waals surface area contributed by atoms with Crippen LogP contribution in [0.4, 0.5) is 0 Å². The number of aromatic nitrogens is 3. The molecular weight excluding hydrogens is 340 g/mol. The van der Waals surface area contributed by atoms with Crippen molar-refractivity contribution >= 4 is 0 Å². The molecule has 1 aromatic carbocycles. The summed E-state index contributed by atoms with van der Waals surface area (Å²) < 4.78 is 5.60. The number of aromatic amines is 1. The van der Waals surface area contributed by atoms with Crippen molar-refractivity contribution < 1.29 is 4.52 Å². The molecule has 140 valence electrons. The van der Waals surface area contributed by atoms with Gasteiger partial charge in [0, 0.05) is 43.1 Å². The molecule has 27 heavy (non-hydrogen) atoms. The number of aryl methyl sites for hydroxylation is 1. The van der Waals surface area contributed by atoms with Crippen LogP contribution >= 0.6 is 0 Å². The molecule has 3 aromatic rings. The molecular formula is C21H24N4O2. The van der Waals surface area contributed by atoms with Crippen LogP contribution in [0.15, 0.2) is 39.6 Å². The first-order valence-electron chi connectivity index (χ1n) is 9.38. The van der Waals surface area contributed by atoms with Crippen molar-refractivity contribution in [3.05, 3.63) is 69.0 Å². The Balaban J connectivity index is 1.60. The zero-order chi connectivity index (χ0) is 19.0. The molecule has 4 rings (SSSR count). The van der Waals surface area contributed by atoms with Crippen LogP contribution in [-0.4, -0.2) is 26.6 Å². The van der Waals surface area contributed by atoms with Crippen molar-refractivity contribution in [1.82, 2.24) is 20.0 Å². The highest BCUT2D eigenvalue weighted by molar-refractivity contribution is 5.61. The molecule has 6 nitrogen and oxygen atoms in total. The van der Waals surface area contributed by atoms with Gasteiger partial charge in [0.15, 0.2) is 5.76 Å². The second-order valence-corrected chi connectivity index (χ2v) is 7.43. The topological polar surface area (TPSA) is 75.0 Å². The number of hydrogen-bond acceptors (Lipinski definition) is 5. The summed E-state index contributed by atoms with van der Waals surface area (Å²) in [5.41, 5.74) is 4.69. The van der Waals surface area contributed by atoms with Crippen molar-refractivity contribution in [2.75, 3.05) is 6.54 Å². The van der Waals surface area contributed by atoms with E-state index in [0.29, 0.717) is 13.1 Å². The molecule has 0 saturated carbocycles. The van der Waals surface area contributed by atoms with Crippen molar-refractivity contribution in [1.29, 1.82) is 0 Å². The molecule has 0 spiro atoms. The highest BCUT2D eigenvalue weighted by Crippen LogP contribution is 2.28. The number of rotatable bonds is 4. The highest BCUT2D eigenvalue weighted by atomic mass is 16.5. The van der Waals surface area contributed by atoms with Crippen LogP contribution < -0.4 is 5.56 Å². The normalized spacial score (nSPS) is 14.5. The van der Waals surface area contributed by atoms with Crippen molar-refractivity contribution in [3.63, 3.8) is 0 Å². The molecule has 1 aliphatic heterocycles. The highest BCUT2D eigenvalue weighted by Gasteiger charge is 2.24. The molecule has 0 radical (unpaired) electrons. The zero-order valence-electron chi connectivity index (χ0n) is 16.0. The number of hydrogen-bond donors (Lipinski definition) is 1. The molecule has 1 aliphatic rings. The monoisotopic (exact) mass is 364 g/mol. The van der Waals surface area contributed by atoms with E-state index in [1.807, 2.05) is 51.1 Å². The minimum atomic E-state index is -0.0151. The number of fused-ring (bicyclic) bond motifs is 1. The van der Waals surface area contributed by atoms with Crippen LogP contribution in [0, 0.1) is 6.92 Å². The Bertz CT molecular complexity index is 1000. The Morgan fingerprint density at radius 1 is 1.26 bits per heavy atom. The van der Waals surface area contributed by atoms with Crippen LogP contribution in [0.3, 0.4) is 0 Å². The third-order valence-corrected chi connectivity index (χ3v) is 5.12. The minimum absolute atomic E-state index is 0.0151. The Morgan fingerprint density at radius 3 is 2.78 bits per heavy atom. The zero-order valence-corrected chi connectivity index (χ0v) is 16.0. The van der Waals surface area contributed by atoms with Crippen molar-refractivity contribution in [2.45, 2.75) is 46.2 Å². The predicted molar refractivity (Wildman–Crippen MR) is 103 cm³/mol. The van der Waals surface area contributed by atoms with Crippen LogP contribution in [0.1, 0.15) is 48.1 Å². The Hall–Kier alpha value is -2.73. The first kappa shape index (κ1) is 17.7. The second kappa shape index (κ2) is 7.12. The van der Waals surface area contributed by atoms with Gasteiger partial charge in [-0.3, -0.25) is 9.69 Å². The molecule has 1 N–H and O–H groups in total. The molecule has 0 bridgehead atoms. The number of nitrogens with zero attached hydrogens (tertiary/aromatic N) is 3. The lowest BCUT2D eigenvalue weighted by molar-refractivity contribution is 0.240. The van der Waals surface area contributed by atoms with Crippen LogP contribution in [0.5, 0.6) is 0 Å². The number of nitrogens with one attached hydrogen (secondary N) is 1. The van der Waals surface area contributed by atoms with E-state index in [-0.39, 0.29) is 11.5 Å². The fourth-order valence-electron chi connectivity index (χ4n) is 3.52. The molecule has 0 saturated heterocycles. The van der Waals surface area contributed by atoms with E-state index < -0.39 is 0 Å². The molecule has 6 heteroatoms. The van der Waals surface area contributed by atoms with Gasteiger partial charge in [0.1, 0.15) is 5.82 Å². The molecule has 3 heterocycles. The average Bonchev–Trinajstić information content (AvgIpc) is 3.03. The van der Waals surface area contributed by atoms with Gasteiger partial charge in [-0.2, -0.15) is 0 Å². The average molecular weight is 364 g/mol. The van der Waals surface area contributed by atoms with Gasteiger partial charge < -0.3 is 9.51 Å². The SMILES string of the molecule is Cc1noc(-c2ccccc2)c1CN1CCc2nc(C(C)C)[nH]c(=O)c2C1. The van der Waals surface area contributed by atoms with E-state index in [1.54, 1.807) is 0 Å². The summed E-state index contributed by atoms with van der Waals surface area (Å²) in [4.78, 5) is 22.4. The second-order valence-electron chi connectivity index (χ2n) is 7.43. The minimum Gasteiger partial charge on any atom is -0.356 e. The largest absolute Gasteiger partial charge is 0.356 e. The maximum Gasteiger partial charge on any atom is 0.255 e. The summed E-state index contributed by atoms with van der Waals surface area (Å²) in [6, 6.07) is 10.0. The van der Waals surface area contributed by atoms with E-state index in [1.165, 1.54) is 0 Å². The van der Waals surface area contributed by atoms with E-state index in [2.05, 4.69) is 20.0 Å². The summed E-state index contributed by atoms with van der Waals surface area (Å²) in [5, 5.41) is 4.17. The third-order valence-electron chi connectivity index (χ3n) is 5.12. The van der Waals surface area contributed by atoms with Gasteiger partial charge in [-0.15, -0.1) is 0 Å². The summed E-state index contributed by atoms with van der Waals surface area (Å²) >= 11 is 0. The first-order chi connectivity index (χ1) is 13.0. The molecule has 0 atom stereocenters. The Kier molecular flexibility index (Phi) is 4.66. The maximum absolute atomic E-state index is 12.5. The first-order valence-corrected chi connectivity index (χ1v) is 9.38. The van der Waals surface area contributed by atoms with E-state index in [9.17, 15) is 4.79 Å². The maximum atomic E-state index is 12.5. The fraction of sp³-hybridized carbons (Fsp3) is 0.381. The predicted octanol–water partition coefficient (Wildman–Crippen LogP) is 3.42. The molecule has 0 aliphatic carbocycles. The van der Waals surface area contributed by atoms with Crippen molar-refractivity contribution in [3.8, 4) is 11.3 Å². The lowest BCUT2D eigenvalue weighted by Gasteiger charge is -2.28. The Labute approximate surface area is 158 Å².